The third kappa shape index (κ3) is 3.59. The summed E-state index contributed by atoms with van der Waals surface area (Å²) < 4.78 is 17.2. The number of nitrogens with one attached hydrogen (secondary N) is 1. The monoisotopic (exact) mass is 341 g/mol. The van der Waals surface area contributed by atoms with Gasteiger partial charge < -0.3 is 19.5 Å². The molecule has 0 fully saturated rings. The van der Waals surface area contributed by atoms with Crippen LogP contribution in [0.4, 0.5) is 0 Å². The van der Waals surface area contributed by atoms with Crippen molar-refractivity contribution in [1.29, 1.82) is 0 Å². The van der Waals surface area contributed by atoms with E-state index in [2.05, 4.69) is 36.5 Å². The number of hydrogen-bond donors (Lipinski definition) is 1. The Kier molecular flexibility index (Phi) is 5.49. The zero-order chi connectivity index (χ0) is 17.8. The molecule has 4 heteroatoms. The molecule has 134 valence electrons. The van der Waals surface area contributed by atoms with Crippen molar-refractivity contribution in [3.63, 3.8) is 0 Å². The third-order valence-electron chi connectivity index (χ3n) is 4.56. The minimum atomic E-state index is 0.0912. The van der Waals surface area contributed by atoms with Crippen LogP contribution in [0.2, 0.25) is 0 Å². The molecule has 0 saturated heterocycles. The number of rotatable bonds is 6. The topological polar surface area (TPSA) is 39.7 Å². The Morgan fingerprint density at radius 2 is 1.68 bits per heavy atom. The van der Waals surface area contributed by atoms with Gasteiger partial charge in [0.05, 0.1) is 26.4 Å². The average molecular weight is 341 g/mol. The van der Waals surface area contributed by atoms with E-state index in [-0.39, 0.29) is 6.04 Å². The molecule has 0 bridgehead atoms. The van der Waals surface area contributed by atoms with Crippen molar-refractivity contribution in [1.82, 2.24) is 5.32 Å². The van der Waals surface area contributed by atoms with Crippen molar-refractivity contribution >= 4 is 0 Å². The third-order valence-corrected chi connectivity index (χ3v) is 4.56. The number of hydrogen-bond acceptors (Lipinski definition) is 4. The summed E-state index contributed by atoms with van der Waals surface area (Å²) in [6.07, 6.45) is 0.979. The van der Waals surface area contributed by atoms with Crippen LogP contribution in [0.5, 0.6) is 17.2 Å². The van der Waals surface area contributed by atoms with Crippen molar-refractivity contribution in [2.45, 2.75) is 33.2 Å². The number of ether oxygens (including phenoxy) is 3. The Balaban J connectivity index is 2.10. The molecule has 0 aliphatic carbocycles. The van der Waals surface area contributed by atoms with Crippen LogP contribution in [0.3, 0.4) is 0 Å². The summed E-state index contributed by atoms with van der Waals surface area (Å²) in [4.78, 5) is 0. The lowest BCUT2D eigenvalue weighted by atomic mass is 9.88. The molecule has 2 aromatic carbocycles. The van der Waals surface area contributed by atoms with Gasteiger partial charge in [-0.3, -0.25) is 0 Å². The average Bonchev–Trinajstić information content (AvgIpc) is 2.62. The molecule has 0 spiro atoms. The molecule has 0 saturated carbocycles. The van der Waals surface area contributed by atoms with Gasteiger partial charge in [-0.05, 0) is 56.5 Å². The summed E-state index contributed by atoms with van der Waals surface area (Å²) >= 11 is 0. The molecule has 0 aromatic heterocycles. The van der Waals surface area contributed by atoms with E-state index < -0.39 is 0 Å². The highest BCUT2D eigenvalue weighted by Crippen LogP contribution is 2.40. The maximum atomic E-state index is 5.84. The maximum Gasteiger partial charge on any atom is 0.161 e. The first-order chi connectivity index (χ1) is 12.2. The van der Waals surface area contributed by atoms with Crippen molar-refractivity contribution in [3.8, 4) is 17.2 Å². The van der Waals surface area contributed by atoms with Crippen LogP contribution in [-0.2, 0) is 6.42 Å². The van der Waals surface area contributed by atoms with Gasteiger partial charge in [-0.1, -0.05) is 17.7 Å². The van der Waals surface area contributed by atoms with Crippen LogP contribution in [0.15, 0.2) is 30.3 Å². The Morgan fingerprint density at radius 3 is 2.36 bits per heavy atom. The smallest absolute Gasteiger partial charge is 0.161 e. The lowest BCUT2D eigenvalue weighted by molar-refractivity contribution is 0.286. The van der Waals surface area contributed by atoms with Gasteiger partial charge in [0.2, 0.25) is 0 Å². The normalized spacial score (nSPS) is 16.2. The lowest BCUT2D eigenvalue weighted by Crippen LogP contribution is -2.31. The second kappa shape index (κ2) is 7.79. The van der Waals surface area contributed by atoms with Crippen molar-refractivity contribution in [2.24, 2.45) is 0 Å². The summed E-state index contributed by atoms with van der Waals surface area (Å²) in [5.41, 5.74) is 4.93. The Hall–Kier alpha value is -2.20. The Labute approximate surface area is 150 Å². The van der Waals surface area contributed by atoms with E-state index in [0.717, 1.165) is 35.8 Å². The lowest BCUT2D eigenvalue weighted by Gasteiger charge is -2.30. The van der Waals surface area contributed by atoms with Gasteiger partial charge in [-0.2, -0.15) is 0 Å². The fourth-order valence-electron chi connectivity index (χ4n) is 3.46. The number of benzene rings is 2. The molecule has 1 heterocycles. The molecule has 25 heavy (non-hydrogen) atoms. The molecule has 1 aliphatic rings. The molecule has 1 unspecified atom stereocenters. The zero-order valence-corrected chi connectivity index (χ0v) is 15.5. The molecule has 1 aliphatic heterocycles. The van der Waals surface area contributed by atoms with Crippen molar-refractivity contribution in [2.75, 3.05) is 26.9 Å². The molecule has 2 aromatic rings. The first kappa shape index (κ1) is 17.6. The molecule has 1 N–H and O–H groups in total. The SMILES string of the molecule is CCOc1cc2c(cc1OCC)C(c1cc(C)ccc1OC)NCC2. The fraction of sp³-hybridized carbons (Fsp3) is 0.429. The molecular weight excluding hydrogens is 314 g/mol. The van der Waals surface area contributed by atoms with Gasteiger partial charge in [0.25, 0.3) is 0 Å². The summed E-state index contributed by atoms with van der Waals surface area (Å²) in [6, 6.07) is 10.7. The standard InChI is InChI=1S/C21H27NO3/c1-5-24-19-12-15-9-10-22-21(16(15)13-20(19)25-6-2)17-11-14(3)7-8-18(17)23-4/h7-8,11-13,21-22H,5-6,9-10H2,1-4H3. The minimum absolute atomic E-state index is 0.0912. The summed E-state index contributed by atoms with van der Waals surface area (Å²) in [7, 11) is 1.72. The number of fused-ring (bicyclic) bond motifs is 1. The van der Waals surface area contributed by atoms with E-state index in [1.54, 1.807) is 7.11 Å². The molecule has 3 rings (SSSR count). The summed E-state index contributed by atoms with van der Waals surface area (Å²) in [5, 5.41) is 3.64. The van der Waals surface area contributed by atoms with Gasteiger partial charge >= 0.3 is 0 Å². The number of methoxy groups -OCH3 is 1. The maximum absolute atomic E-state index is 5.84. The second-order valence-electron chi connectivity index (χ2n) is 6.25. The number of aryl methyl sites for hydroxylation is 1. The van der Waals surface area contributed by atoms with Crippen LogP contribution >= 0.6 is 0 Å². The van der Waals surface area contributed by atoms with Crippen LogP contribution < -0.4 is 19.5 Å². The highest BCUT2D eigenvalue weighted by Gasteiger charge is 2.26. The Bertz CT molecular complexity index is 742. The van der Waals surface area contributed by atoms with E-state index in [1.807, 2.05) is 19.9 Å². The highest BCUT2D eigenvalue weighted by atomic mass is 16.5. The predicted octanol–water partition coefficient (Wildman–Crippen LogP) is 4.04. The van der Waals surface area contributed by atoms with Gasteiger partial charge in [0, 0.05) is 12.1 Å². The van der Waals surface area contributed by atoms with E-state index in [0.29, 0.717) is 13.2 Å². The Morgan fingerprint density at radius 1 is 0.960 bits per heavy atom. The highest BCUT2D eigenvalue weighted by molar-refractivity contribution is 5.53. The molecule has 4 nitrogen and oxygen atoms in total. The van der Waals surface area contributed by atoms with E-state index in [1.165, 1.54) is 16.7 Å². The van der Waals surface area contributed by atoms with Gasteiger partial charge in [-0.15, -0.1) is 0 Å². The quantitative estimate of drug-likeness (QED) is 0.861. The fourth-order valence-corrected chi connectivity index (χ4v) is 3.46. The van der Waals surface area contributed by atoms with Crippen LogP contribution in [-0.4, -0.2) is 26.9 Å². The molecular formula is C21H27NO3. The molecule has 0 amide bonds. The van der Waals surface area contributed by atoms with Gasteiger partial charge in [0.15, 0.2) is 11.5 Å². The minimum Gasteiger partial charge on any atom is -0.496 e. The predicted molar refractivity (Wildman–Crippen MR) is 100 cm³/mol. The van der Waals surface area contributed by atoms with E-state index in [9.17, 15) is 0 Å². The zero-order valence-electron chi connectivity index (χ0n) is 15.5. The molecule has 1 atom stereocenters. The van der Waals surface area contributed by atoms with Crippen molar-refractivity contribution < 1.29 is 14.2 Å². The summed E-state index contributed by atoms with van der Waals surface area (Å²) in [5.74, 6) is 2.55. The summed E-state index contributed by atoms with van der Waals surface area (Å²) in [6.45, 7) is 8.27. The van der Waals surface area contributed by atoms with Crippen LogP contribution in [0.1, 0.15) is 42.1 Å². The first-order valence-corrected chi connectivity index (χ1v) is 8.98. The molecule has 0 radical (unpaired) electrons. The second-order valence-corrected chi connectivity index (χ2v) is 6.25. The van der Waals surface area contributed by atoms with Gasteiger partial charge in [0.1, 0.15) is 5.75 Å². The van der Waals surface area contributed by atoms with E-state index >= 15 is 0 Å². The van der Waals surface area contributed by atoms with Crippen LogP contribution in [0.25, 0.3) is 0 Å². The van der Waals surface area contributed by atoms with E-state index in [4.69, 9.17) is 14.2 Å². The largest absolute Gasteiger partial charge is 0.496 e. The first-order valence-electron chi connectivity index (χ1n) is 8.98. The van der Waals surface area contributed by atoms with Gasteiger partial charge in [-0.25, -0.2) is 0 Å². The van der Waals surface area contributed by atoms with Crippen molar-refractivity contribution in [3.05, 3.63) is 52.6 Å². The van der Waals surface area contributed by atoms with Crippen LogP contribution in [0, 0.1) is 6.92 Å².